The predicted molar refractivity (Wildman–Crippen MR) is 110 cm³/mol. The van der Waals surface area contributed by atoms with Crippen LogP contribution in [-0.2, 0) is 13.1 Å². The Morgan fingerprint density at radius 2 is 1.97 bits per heavy atom. The third-order valence-corrected chi connectivity index (χ3v) is 4.83. The lowest BCUT2D eigenvalue weighted by Crippen LogP contribution is -2.21. The Bertz CT molecular complexity index is 1460. The van der Waals surface area contributed by atoms with Crippen molar-refractivity contribution in [3.63, 3.8) is 0 Å². The molecule has 5 rings (SSSR count). The summed E-state index contributed by atoms with van der Waals surface area (Å²) >= 11 is 0. The minimum absolute atomic E-state index is 0.0126. The Balaban J connectivity index is 1.40. The molecule has 0 atom stereocenters. The summed E-state index contributed by atoms with van der Waals surface area (Å²) in [6, 6.07) is 13.2. The highest BCUT2D eigenvalue weighted by atomic mass is 19.1. The lowest BCUT2D eigenvalue weighted by Gasteiger charge is -2.05. The van der Waals surface area contributed by atoms with Crippen molar-refractivity contribution in [1.29, 1.82) is 0 Å². The molecule has 0 N–H and O–H groups in total. The molecule has 32 heavy (non-hydrogen) atoms. The average Bonchev–Trinajstić information content (AvgIpc) is 3.44. The standard InChI is InChI=1S/C21H16FN7O3/c1-31-16-4-2-3-13(9-16)10-29-20-18(25-27-29)21(30)28(12-23-20)11-17-24-19(26-32-17)14-5-7-15(22)8-6-14/h2-9,12H,10-11H2,1H3. The van der Waals surface area contributed by atoms with Gasteiger partial charge in [-0.2, -0.15) is 4.98 Å². The fourth-order valence-corrected chi connectivity index (χ4v) is 3.23. The van der Waals surface area contributed by atoms with Gasteiger partial charge in [-0.05, 0) is 42.0 Å². The van der Waals surface area contributed by atoms with Crippen LogP contribution in [0.15, 0.2) is 64.2 Å². The van der Waals surface area contributed by atoms with Crippen LogP contribution in [-0.4, -0.2) is 41.8 Å². The average molecular weight is 433 g/mol. The molecule has 0 aliphatic rings. The molecule has 11 heteroatoms. The maximum atomic E-state index is 13.1. The topological polar surface area (TPSA) is 114 Å². The summed E-state index contributed by atoms with van der Waals surface area (Å²) in [4.78, 5) is 21.5. The van der Waals surface area contributed by atoms with Gasteiger partial charge in [-0.1, -0.05) is 22.5 Å². The van der Waals surface area contributed by atoms with E-state index >= 15 is 0 Å². The molecule has 0 aliphatic carbocycles. The predicted octanol–water partition coefficient (Wildman–Crippen LogP) is 2.28. The molecular weight excluding hydrogens is 417 g/mol. The Kier molecular flexibility index (Phi) is 4.90. The lowest BCUT2D eigenvalue weighted by molar-refractivity contribution is 0.369. The summed E-state index contributed by atoms with van der Waals surface area (Å²) in [5.41, 5.74) is 1.65. The lowest BCUT2D eigenvalue weighted by atomic mass is 10.2. The van der Waals surface area contributed by atoms with Crippen molar-refractivity contribution in [2.45, 2.75) is 13.1 Å². The van der Waals surface area contributed by atoms with Gasteiger partial charge in [0.2, 0.25) is 11.7 Å². The molecular formula is C21H16FN7O3. The third kappa shape index (κ3) is 3.71. The van der Waals surface area contributed by atoms with Crippen molar-refractivity contribution in [2.24, 2.45) is 0 Å². The van der Waals surface area contributed by atoms with Gasteiger partial charge in [0, 0.05) is 5.56 Å². The summed E-state index contributed by atoms with van der Waals surface area (Å²) in [7, 11) is 1.60. The number of aromatic nitrogens is 7. The van der Waals surface area contributed by atoms with E-state index in [1.807, 2.05) is 24.3 Å². The number of fused-ring (bicyclic) bond motifs is 1. The summed E-state index contributed by atoms with van der Waals surface area (Å²) < 4.78 is 26.4. The highest BCUT2D eigenvalue weighted by Gasteiger charge is 2.15. The van der Waals surface area contributed by atoms with Gasteiger partial charge in [0.05, 0.1) is 13.7 Å². The smallest absolute Gasteiger partial charge is 0.283 e. The molecule has 5 aromatic rings. The van der Waals surface area contributed by atoms with Crippen LogP contribution < -0.4 is 10.3 Å². The quantitative estimate of drug-likeness (QED) is 0.401. The first-order valence-corrected chi connectivity index (χ1v) is 9.61. The Morgan fingerprint density at radius 1 is 1.12 bits per heavy atom. The van der Waals surface area contributed by atoms with Crippen LogP contribution in [0.25, 0.3) is 22.6 Å². The molecule has 3 heterocycles. The van der Waals surface area contributed by atoms with E-state index in [1.54, 1.807) is 23.9 Å². The summed E-state index contributed by atoms with van der Waals surface area (Å²) in [5.74, 6) is 0.868. The van der Waals surface area contributed by atoms with E-state index in [-0.39, 0.29) is 29.3 Å². The van der Waals surface area contributed by atoms with Gasteiger partial charge in [0.1, 0.15) is 24.4 Å². The van der Waals surface area contributed by atoms with Gasteiger partial charge in [0.25, 0.3) is 5.56 Å². The van der Waals surface area contributed by atoms with Crippen molar-refractivity contribution in [3.05, 3.63) is 82.5 Å². The largest absolute Gasteiger partial charge is 0.497 e. The fourth-order valence-electron chi connectivity index (χ4n) is 3.23. The molecule has 3 aromatic heterocycles. The van der Waals surface area contributed by atoms with Crippen molar-refractivity contribution < 1.29 is 13.7 Å². The van der Waals surface area contributed by atoms with Gasteiger partial charge in [-0.15, -0.1) is 5.10 Å². The van der Waals surface area contributed by atoms with Crippen molar-refractivity contribution in [1.82, 2.24) is 34.7 Å². The third-order valence-electron chi connectivity index (χ3n) is 4.83. The number of ether oxygens (including phenoxy) is 1. The molecule has 2 aromatic carbocycles. The van der Waals surface area contributed by atoms with E-state index in [2.05, 4.69) is 25.4 Å². The van der Waals surface area contributed by atoms with E-state index in [9.17, 15) is 9.18 Å². The number of halogens is 1. The van der Waals surface area contributed by atoms with Crippen LogP contribution in [0, 0.1) is 5.82 Å². The van der Waals surface area contributed by atoms with Crippen LogP contribution in [0.4, 0.5) is 4.39 Å². The fraction of sp³-hybridized carbons (Fsp3) is 0.143. The number of benzene rings is 2. The Labute approximate surface area is 179 Å². The molecule has 0 amide bonds. The first-order valence-electron chi connectivity index (χ1n) is 9.61. The minimum Gasteiger partial charge on any atom is -0.497 e. The molecule has 160 valence electrons. The number of nitrogens with zero attached hydrogens (tertiary/aromatic N) is 7. The maximum absolute atomic E-state index is 13.1. The first kappa shape index (κ1) is 19.5. The van der Waals surface area contributed by atoms with Gasteiger partial charge in [-0.25, -0.2) is 14.1 Å². The second-order valence-corrected chi connectivity index (χ2v) is 6.97. The number of methoxy groups -OCH3 is 1. The zero-order chi connectivity index (χ0) is 22.1. The van der Waals surface area contributed by atoms with E-state index in [0.29, 0.717) is 23.6 Å². The molecule has 0 fully saturated rings. The molecule has 10 nitrogen and oxygen atoms in total. The summed E-state index contributed by atoms with van der Waals surface area (Å²) in [6.07, 6.45) is 1.39. The van der Waals surface area contributed by atoms with Crippen LogP contribution in [0.3, 0.4) is 0 Å². The van der Waals surface area contributed by atoms with Gasteiger partial charge in [0.15, 0.2) is 11.2 Å². The van der Waals surface area contributed by atoms with Crippen molar-refractivity contribution in [2.75, 3.05) is 7.11 Å². The molecule has 0 spiro atoms. The van der Waals surface area contributed by atoms with Crippen LogP contribution in [0.5, 0.6) is 5.75 Å². The molecule has 0 unspecified atom stereocenters. The van der Waals surface area contributed by atoms with Gasteiger partial charge < -0.3 is 9.26 Å². The zero-order valence-corrected chi connectivity index (χ0v) is 16.8. The number of rotatable bonds is 6. The van der Waals surface area contributed by atoms with Gasteiger partial charge in [-0.3, -0.25) is 9.36 Å². The summed E-state index contributed by atoms with van der Waals surface area (Å²) in [5, 5.41) is 12.0. The number of hydrogen-bond acceptors (Lipinski definition) is 8. The van der Waals surface area contributed by atoms with E-state index < -0.39 is 0 Å². The maximum Gasteiger partial charge on any atom is 0.283 e. The van der Waals surface area contributed by atoms with Crippen LogP contribution in [0.2, 0.25) is 0 Å². The van der Waals surface area contributed by atoms with Crippen molar-refractivity contribution >= 4 is 11.2 Å². The highest BCUT2D eigenvalue weighted by molar-refractivity contribution is 5.67. The van der Waals surface area contributed by atoms with Crippen LogP contribution in [0.1, 0.15) is 11.5 Å². The summed E-state index contributed by atoms with van der Waals surface area (Å²) in [6.45, 7) is 0.396. The Morgan fingerprint density at radius 3 is 2.78 bits per heavy atom. The van der Waals surface area contributed by atoms with Crippen molar-refractivity contribution in [3.8, 4) is 17.1 Å². The Hall–Kier alpha value is -4.41. The van der Waals surface area contributed by atoms with Gasteiger partial charge >= 0.3 is 0 Å². The normalized spacial score (nSPS) is 11.2. The second kappa shape index (κ2) is 8.02. The zero-order valence-electron chi connectivity index (χ0n) is 16.8. The molecule has 0 saturated heterocycles. The highest BCUT2D eigenvalue weighted by Crippen LogP contribution is 2.17. The second-order valence-electron chi connectivity index (χ2n) is 6.97. The first-order chi connectivity index (χ1) is 15.6. The SMILES string of the molecule is COc1cccc(Cn2nnc3c(=O)n(Cc4nc(-c5ccc(F)cc5)no4)cnc32)c1. The monoisotopic (exact) mass is 433 g/mol. The van der Waals surface area contributed by atoms with E-state index in [4.69, 9.17) is 9.26 Å². The molecule has 0 radical (unpaired) electrons. The number of hydrogen-bond donors (Lipinski definition) is 0. The van der Waals surface area contributed by atoms with E-state index in [0.717, 1.165) is 11.3 Å². The molecule has 0 bridgehead atoms. The van der Waals surface area contributed by atoms with E-state index in [1.165, 1.54) is 23.0 Å². The minimum atomic E-state index is -0.381. The molecule has 0 saturated carbocycles. The van der Waals surface area contributed by atoms with Crippen LogP contribution >= 0.6 is 0 Å². The molecule has 0 aliphatic heterocycles.